The molecule has 0 spiro atoms. The van der Waals surface area contributed by atoms with Crippen LogP contribution in [-0.2, 0) is 4.79 Å². The van der Waals surface area contributed by atoms with Crippen molar-refractivity contribution < 1.29 is 4.79 Å². The lowest BCUT2D eigenvalue weighted by atomic mass is 10.3. The van der Waals surface area contributed by atoms with Gasteiger partial charge in [0, 0.05) is 6.04 Å². The summed E-state index contributed by atoms with van der Waals surface area (Å²) in [5, 5.41) is 5.79. The summed E-state index contributed by atoms with van der Waals surface area (Å²) in [4.78, 5) is 11.1. The van der Waals surface area contributed by atoms with E-state index in [1.165, 1.54) is 0 Å². The molecule has 1 aliphatic rings. The molecule has 3 heteroatoms. The van der Waals surface area contributed by atoms with Gasteiger partial charge in [0.1, 0.15) is 0 Å². The summed E-state index contributed by atoms with van der Waals surface area (Å²) in [6.45, 7) is 1.86. The number of hydrogen-bond donors (Lipinski definition) is 2. The molecule has 58 valence electrons. The Morgan fingerprint density at radius 3 is 2.60 bits per heavy atom. The van der Waals surface area contributed by atoms with E-state index in [9.17, 15) is 4.79 Å². The number of carbonyl (C=O) groups is 1. The van der Waals surface area contributed by atoms with Gasteiger partial charge in [0.15, 0.2) is 0 Å². The van der Waals surface area contributed by atoms with E-state index in [-0.39, 0.29) is 11.9 Å². The van der Waals surface area contributed by atoms with Crippen LogP contribution in [0.5, 0.6) is 0 Å². The largest absolute Gasteiger partial charge is 0.352 e. The van der Waals surface area contributed by atoms with E-state index in [1.807, 2.05) is 6.92 Å². The molecule has 1 fully saturated rings. The van der Waals surface area contributed by atoms with Crippen molar-refractivity contribution in [3.05, 3.63) is 0 Å². The molecule has 3 nitrogen and oxygen atoms in total. The average molecular weight is 142 g/mol. The van der Waals surface area contributed by atoms with Crippen LogP contribution in [0.15, 0.2) is 0 Å². The molecule has 1 saturated carbocycles. The number of hydrogen-bond acceptors (Lipinski definition) is 2. The van der Waals surface area contributed by atoms with E-state index >= 15 is 0 Å². The maximum Gasteiger partial charge on any atom is 0.237 e. The lowest BCUT2D eigenvalue weighted by molar-refractivity contribution is -0.122. The third-order valence-electron chi connectivity index (χ3n) is 1.75. The Morgan fingerprint density at radius 1 is 1.60 bits per heavy atom. The third kappa shape index (κ3) is 1.99. The highest BCUT2D eigenvalue weighted by molar-refractivity contribution is 5.81. The second-order valence-electron chi connectivity index (χ2n) is 2.79. The van der Waals surface area contributed by atoms with Crippen LogP contribution in [0, 0.1) is 0 Å². The predicted octanol–water partition coefficient (Wildman–Crippen LogP) is -0.127. The van der Waals surface area contributed by atoms with Crippen molar-refractivity contribution in [2.75, 3.05) is 7.05 Å². The van der Waals surface area contributed by atoms with Crippen LogP contribution in [-0.4, -0.2) is 25.0 Å². The van der Waals surface area contributed by atoms with E-state index in [1.54, 1.807) is 7.05 Å². The molecule has 2 N–H and O–H groups in total. The summed E-state index contributed by atoms with van der Waals surface area (Å²) in [7, 11) is 1.79. The fourth-order valence-corrected chi connectivity index (χ4v) is 0.685. The summed E-state index contributed by atoms with van der Waals surface area (Å²) in [5.74, 6) is 0.116. The fourth-order valence-electron chi connectivity index (χ4n) is 0.685. The van der Waals surface area contributed by atoms with Gasteiger partial charge in [-0.1, -0.05) is 0 Å². The van der Waals surface area contributed by atoms with Gasteiger partial charge in [0.05, 0.1) is 6.04 Å². The van der Waals surface area contributed by atoms with Crippen molar-refractivity contribution in [2.45, 2.75) is 31.8 Å². The van der Waals surface area contributed by atoms with Crippen LogP contribution >= 0.6 is 0 Å². The molecule has 1 aliphatic carbocycles. The Bertz CT molecular complexity index is 132. The van der Waals surface area contributed by atoms with E-state index < -0.39 is 0 Å². The van der Waals surface area contributed by atoms with Crippen LogP contribution in [0.1, 0.15) is 19.8 Å². The minimum absolute atomic E-state index is 0.0550. The van der Waals surface area contributed by atoms with E-state index in [2.05, 4.69) is 10.6 Å². The molecule has 0 unspecified atom stereocenters. The van der Waals surface area contributed by atoms with Crippen molar-refractivity contribution in [1.82, 2.24) is 10.6 Å². The number of rotatable bonds is 3. The highest BCUT2D eigenvalue weighted by atomic mass is 16.2. The second kappa shape index (κ2) is 3.01. The molecule has 0 aromatic rings. The monoisotopic (exact) mass is 142 g/mol. The second-order valence-corrected chi connectivity index (χ2v) is 2.79. The lowest BCUT2D eigenvalue weighted by Gasteiger charge is -2.09. The topological polar surface area (TPSA) is 41.1 Å². The van der Waals surface area contributed by atoms with Gasteiger partial charge >= 0.3 is 0 Å². The first-order valence-corrected chi connectivity index (χ1v) is 3.71. The number of nitrogens with one attached hydrogen (secondary N) is 2. The normalized spacial score (nSPS) is 20.2. The number of amides is 1. The van der Waals surface area contributed by atoms with Gasteiger partial charge in [-0.25, -0.2) is 0 Å². The fraction of sp³-hybridized carbons (Fsp3) is 0.857. The molecular weight excluding hydrogens is 128 g/mol. The van der Waals surface area contributed by atoms with Gasteiger partial charge < -0.3 is 10.6 Å². The van der Waals surface area contributed by atoms with Crippen LogP contribution in [0.4, 0.5) is 0 Å². The summed E-state index contributed by atoms with van der Waals surface area (Å²) in [6, 6.07) is 0.420. The molecule has 0 aromatic carbocycles. The van der Waals surface area contributed by atoms with E-state index in [0.29, 0.717) is 6.04 Å². The minimum atomic E-state index is -0.0550. The smallest absolute Gasteiger partial charge is 0.237 e. The molecule has 1 atom stereocenters. The molecule has 0 heterocycles. The quantitative estimate of drug-likeness (QED) is 0.576. The molecule has 0 radical (unpaired) electrons. The minimum Gasteiger partial charge on any atom is -0.352 e. The summed E-state index contributed by atoms with van der Waals surface area (Å²) in [5.41, 5.74) is 0. The first-order valence-electron chi connectivity index (χ1n) is 3.71. The molecule has 1 rings (SSSR count). The SMILES string of the molecule is CN[C@@H](C)C(=O)NC1CC1. The Morgan fingerprint density at radius 2 is 2.20 bits per heavy atom. The van der Waals surface area contributed by atoms with Crippen LogP contribution in [0.2, 0.25) is 0 Å². The maximum absolute atomic E-state index is 11.1. The Labute approximate surface area is 61.2 Å². The van der Waals surface area contributed by atoms with Crippen LogP contribution < -0.4 is 10.6 Å². The van der Waals surface area contributed by atoms with E-state index in [0.717, 1.165) is 12.8 Å². The maximum atomic E-state index is 11.1. The highest BCUT2D eigenvalue weighted by Gasteiger charge is 2.24. The van der Waals surface area contributed by atoms with Gasteiger partial charge in [0.25, 0.3) is 0 Å². The Kier molecular flexibility index (Phi) is 2.27. The predicted molar refractivity (Wildman–Crippen MR) is 39.7 cm³/mol. The van der Waals surface area contributed by atoms with Gasteiger partial charge in [0.2, 0.25) is 5.91 Å². The zero-order chi connectivity index (χ0) is 7.56. The van der Waals surface area contributed by atoms with Gasteiger partial charge in [-0.2, -0.15) is 0 Å². The molecular formula is C7H14N2O. The average Bonchev–Trinajstić information content (AvgIpc) is 2.70. The van der Waals surface area contributed by atoms with E-state index in [4.69, 9.17) is 0 Å². The molecule has 0 saturated heterocycles. The van der Waals surface area contributed by atoms with Crippen molar-refractivity contribution in [3.8, 4) is 0 Å². The van der Waals surface area contributed by atoms with Gasteiger partial charge in [-0.05, 0) is 26.8 Å². The lowest BCUT2D eigenvalue weighted by Crippen LogP contribution is -2.41. The Hall–Kier alpha value is -0.570. The summed E-state index contributed by atoms with van der Waals surface area (Å²) >= 11 is 0. The zero-order valence-corrected chi connectivity index (χ0v) is 6.48. The van der Waals surface area contributed by atoms with Crippen molar-refractivity contribution in [2.24, 2.45) is 0 Å². The number of carbonyl (C=O) groups excluding carboxylic acids is 1. The highest BCUT2D eigenvalue weighted by Crippen LogP contribution is 2.18. The van der Waals surface area contributed by atoms with Crippen molar-refractivity contribution in [3.63, 3.8) is 0 Å². The Balaban J connectivity index is 2.18. The first kappa shape index (κ1) is 7.54. The standard InChI is InChI=1S/C7H14N2O/c1-5(8-2)7(10)9-6-3-4-6/h5-6,8H,3-4H2,1-2H3,(H,9,10)/t5-/m0/s1. The molecule has 0 aliphatic heterocycles. The molecule has 0 aromatic heterocycles. The van der Waals surface area contributed by atoms with Gasteiger partial charge in [-0.3, -0.25) is 4.79 Å². The zero-order valence-electron chi connectivity index (χ0n) is 6.48. The van der Waals surface area contributed by atoms with Crippen LogP contribution in [0.25, 0.3) is 0 Å². The number of likely N-dealkylation sites (N-methyl/N-ethyl adjacent to an activating group) is 1. The van der Waals surface area contributed by atoms with Crippen LogP contribution in [0.3, 0.4) is 0 Å². The molecule has 1 amide bonds. The van der Waals surface area contributed by atoms with Crippen molar-refractivity contribution >= 4 is 5.91 Å². The molecule has 0 bridgehead atoms. The summed E-state index contributed by atoms with van der Waals surface area (Å²) < 4.78 is 0. The summed E-state index contributed by atoms with van der Waals surface area (Å²) in [6.07, 6.45) is 2.31. The van der Waals surface area contributed by atoms with Crippen molar-refractivity contribution in [1.29, 1.82) is 0 Å². The van der Waals surface area contributed by atoms with Gasteiger partial charge in [-0.15, -0.1) is 0 Å². The first-order chi connectivity index (χ1) is 4.74. The third-order valence-corrected chi connectivity index (χ3v) is 1.75. The molecule has 10 heavy (non-hydrogen) atoms.